The first-order chi connectivity index (χ1) is 15.4. The van der Waals surface area contributed by atoms with Gasteiger partial charge in [0, 0.05) is 28.6 Å². The van der Waals surface area contributed by atoms with Crippen molar-refractivity contribution in [1.82, 2.24) is 0 Å². The van der Waals surface area contributed by atoms with Crippen LogP contribution in [0.15, 0.2) is 59.6 Å². The summed E-state index contributed by atoms with van der Waals surface area (Å²) in [7, 11) is 2.69. The van der Waals surface area contributed by atoms with Gasteiger partial charge in [0.05, 0.1) is 0 Å². The Morgan fingerprint density at radius 1 is 1.03 bits per heavy atom. The maximum Gasteiger partial charge on any atom is 0.432 e. The molecule has 0 saturated carbocycles. The van der Waals surface area contributed by atoms with Crippen LogP contribution in [0.4, 0.5) is 4.79 Å². The number of hydrogen-bond acceptors (Lipinski definition) is 9. The van der Waals surface area contributed by atoms with Crippen LogP contribution in [-0.4, -0.2) is 47.6 Å². The number of carbonyl (C=O) groups excluding carboxylic acids is 2. The zero-order chi connectivity index (χ0) is 23.3. The molecule has 11 heteroatoms. The van der Waals surface area contributed by atoms with E-state index in [1.807, 2.05) is 6.07 Å². The lowest BCUT2D eigenvalue weighted by Crippen LogP contribution is -2.26. The molecule has 0 spiro atoms. The van der Waals surface area contributed by atoms with Crippen LogP contribution in [0.5, 0.6) is 0 Å². The number of aliphatic imine (C=N–C) groups is 1. The lowest BCUT2D eigenvalue weighted by Gasteiger charge is -2.19. The summed E-state index contributed by atoms with van der Waals surface area (Å²) in [6.45, 7) is 1.62. The normalized spacial score (nSPS) is 12.1. The molecule has 0 aliphatic rings. The summed E-state index contributed by atoms with van der Waals surface area (Å²) in [5.74, 6) is -0.719. The van der Waals surface area contributed by atoms with Gasteiger partial charge in [-0.3, -0.25) is 4.79 Å². The Morgan fingerprint density at radius 3 is 2.38 bits per heavy atom. The van der Waals surface area contributed by atoms with Crippen molar-refractivity contribution in [3.8, 4) is 0 Å². The molecule has 32 heavy (non-hydrogen) atoms. The molecule has 0 aliphatic carbocycles. The van der Waals surface area contributed by atoms with Crippen molar-refractivity contribution in [3.63, 3.8) is 0 Å². The second-order valence-corrected chi connectivity index (χ2v) is 9.01. The summed E-state index contributed by atoms with van der Waals surface area (Å²) in [5, 5.41) is 21.5. The molecule has 1 amide bonds. The Balaban J connectivity index is 1.83. The van der Waals surface area contributed by atoms with Gasteiger partial charge in [-0.1, -0.05) is 77.0 Å². The van der Waals surface area contributed by atoms with Crippen molar-refractivity contribution >= 4 is 39.4 Å². The van der Waals surface area contributed by atoms with Crippen molar-refractivity contribution in [2.24, 2.45) is 4.99 Å². The molecular formula is C21H21N2O7S2-. The third-order valence-corrected chi connectivity index (χ3v) is 6.43. The molecule has 0 heterocycles. The summed E-state index contributed by atoms with van der Waals surface area (Å²) in [6.07, 6.45) is -0.986. The van der Waals surface area contributed by atoms with Gasteiger partial charge in [-0.25, -0.2) is 4.79 Å². The Bertz CT molecular complexity index is 954. The van der Waals surface area contributed by atoms with Gasteiger partial charge in [0.15, 0.2) is 5.78 Å². The quantitative estimate of drug-likeness (QED) is 0.0857. The zero-order valence-corrected chi connectivity index (χ0v) is 18.8. The van der Waals surface area contributed by atoms with Gasteiger partial charge in [0.25, 0.3) is 5.09 Å². The van der Waals surface area contributed by atoms with Crippen molar-refractivity contribution in [2.75, 3.05) is 24.7 Å². The Hall–Kier alpha value is -3.05. The largest absolute Gasteiger partial charge is 0.861 e. The van der Waals surface area contributed by atoms with E-state index in [9.17, 15) is 24.8 Å². The second kappa shape index (κ2) is 13.4. The number of rotatable bonds is 12. The number of nitrogens with zero attached hydrogens (tertiary/aromatic N) is 2. The summed E-state index contributed by atoms with van der Waals surface area (Å²) in [6, 6.07) is 15.5. The topological polar surface area (TPSA) is 131 Å². The molecule has 0 aromatic heterocycles. The number of amides is 1. The molecule has 0 saturated heterocycles. The number of ketones is 1. The minimum Gasteiger partial charge on any atom is -0.861 e. The van der Waals surface area contributed by atoms with Crippen LogP contribution < -0.4 is 5.11 Å². The van der Waals surface area contributed by atoms with Crippen LogP contribution in [0, 0.1) is 10.1 Å². The van der Waals surface area contributed by atoms with E-state index in [0.717, 1.165) is 0 Å². The van der Waals surface area contributed by atoms with Crippen molar-refractivity contribution in [1.29, 1.82) is 0 Å². The van der Waals surface area contributed by atoms with E-state index >= 15 is 0 Å². The standard InChI is InChI=1S/C21H22N2O7S2/c1-15(17-8-5-9-18(14-17)19(24)16-6-3-2-4-7-16)20(25)22-21(26)29-10-12-31-32-13-11-30-23(27)28/h2-9,14-15H,10-13H2,1H3,(H,22,25,26)/p-1. The van der Waals surface area contributed by atoms with E-state index in [1.54, 1.807) is 55.5 Å². The Morgan fingerprint density at radius 2 is 1.69 bits per heavy atom. The highest BCUT2D eigenvalue weighted by atomic mass is 33.1. The van der Waals surface area contributed by atoms with Crippen LogP contribution in [-0.2, 0) is 9.57 Å². The summed E-state index contributed by atoms with van der Waals surface area (Å²) < 4.78 is 4.91. The smallest absolute Gasteiger partial charge is 0.432 e. The SMILES string of the molecule is CC(/C([O-])=N/C(=O)OCCSSCCO[N+](=O)[O-])c1cccc(C(=O)c2ccccc2)c1. The molecule has 2 aromatic rings. The van der Waals surface area contributed by atoms with Crippen molar-refractivity contribution in [3.05, 3.63) is 81.4 Å². The molecule has 0 aliphatic heterocycles. The van der Waals surface area contributed by atoms with Crippen molar-refractivity contribution in [2.45, 2.75) is 12.8 Å². The molecule has 0 fully saturated rings. The fourth-order valence-electron chi connectivity index (χ4n) is 2.49. The highest BCUT2D eigenvalue weighted by Crippen LogP contribution is 2.21. The first-order valence-corrected chi connectivity index (χ1v) is 12.0. The molecule has 1 atom stereocenters. The summed E-state index contributed by atoms with van der Waals surface area (Å²) >= 11 is 0. The van der Waals surface area contributed by atoms with E-state index in [0.29, 0.717) is 28.2 Å². The van der Waals surface area contributed by atoms with Crippen LogP contribution in [0.1, 0.15) is 34.3 Å². The minimum absolute atomic E-state index is 0.0235. The molecule has 0 radical (unpaired) electrons. The molecule has 0 N–H and O–H groups in total. The zero-order valence-electron chi connectivity index (χ0n) is 17.2. The molecule has 9 nitrogen and oxygen atoms in total. The van der Waals surface area contributed by atoms with Crippen molar-refractivity contribution < 1.29 is 29.4 Å². The van der Waals surface area contributed by atoms with Gasteiger partial charge in [0.2, 0.25) is 0 Å². The molecule has 1 unspecified atom stereocenters. The Kier molecular flexibility index (Phi) is 10.5. The first kappa shape index (κ1) is 25.2. The predicted molar refractivity (Wildman–Crippen MR) is 121 cm³/mol. The second-order valence-electron chi connectivity index (χ2n) is 6.31. The van der Waals surface area contributed by atoms with Gasteiger partial charge < -0.3 is 14.7 Å². The Labute approximate surface area is 192 Å². The van der Waals surface area contributed by atoms with E-state index in [2.05, 4.69) is 9.83 Å². The minimum atomic E-state index is -0.986. The molecule has 0 bridgehead atoms. The maximum atomic E-state index is 12.6. The number of carbonyl (C=O) groups is 2. The van der Waals surface area contributed by atoms with E-state index in [1.165, 1.54) is 21.6 Å². The third kappa shape index (κ3) is 8.60. The maximum absolute atomic E-state index is 12.6. The predicted octanol–water partition coefficient (Wildman–Crippen LogP) is 3.51. The van der Waals surface area contributed by atoms with Gasteiger partial charge in [-0.15, -0.1) is 10.1 Å². The van der Waals surface area contributed by atoms with Gasteiger partial charge in [-0.2, -0.15) is 4.99 Å². The fourth-order valence-corrected chi connectivity index (χ4v) is 4.14. The van der Waals surface area contributed by atoms with Gasteiger partial charge in [-0.05, 0) is 17.5 Å². The number of ether oxygens (including phenoxy) is 1. The molecule has 2 rings (SSSR count). The monoisotopic (exact) mass is 477 g/mol. The highest BCUT2D eigenvalue weighted by Gasteiger charge is 2.13. The number of benzene rings is 2. The lowest BCUT2D eigenvalue weighted by atomic mass is 9.95. The van der Waals surface area contributed by atoms with Crippen LogP contribution in [0.3, 0.4) is 0 Å². The van der Waals surface area contributed by atoms with E-state index in [4.69, 9.17) is 4.74 Å². The third-order valence-electron chi connectivity index (χ3n) is 4.10. The highest BCUT2D eigenvalue weighted by molar-refractivity contribution is 8.76. The summed E-state index contributed by atoms with van der Waals surface area (Å²) in [5.41, 5.74) is 1.55. The van der Waals surface area contributed by atoms with E-state index in [-0.39, 0.29) is 19.0 Å². The molecule has 170 valence electrons. The van der Waals surface area contributed by atoms with Crippen LogP contribution in [0.2, 0.25) is 0 Å². The fraction of sp³-hybridized carbons (Fsp3) is 0.286. The number of hydrogen-bond donors (Lipinski definition) is 0. The van der Waals surface area contributed by atoms with E-state index < -0.39 is 23.0 Å². The molecular weight excluding hydrogens is 456 g/mol. The average Bonchev–Trinajstić information content (AvgIpc) is 2.80. The molecule has 2 aromatic carbocycles. The van der Waals surface area contributed by atoms with Crippen LogP contribution >= 0.6 is 21.6 Å². The van der Waals surface area contributed by atoms with Crippen LogP contribution in [0.25, 0.3) is 0 Å². The van der Waals surface area contributed by atoms with Gasteiger partial charge in [0.1, 0.15) is 13.2 Å². The van der Waals surface area contributed by atoms with Gasteiger partial charge >= 0.3 is 6.09 Å². The first-order valence-electron chi connectivity index (χ1n) is 9.52. The lowest BCUT2D eigenvalue weighted by molar-refractivity contribution is -0.756. The average molecular weight is 478 g/mol. The summed E-state index contributed by atoms with van der Waals surface area (Å²) in [4.78, 5) is 42.0.